The van der Waals surface area contributed by atoms with E-state index in [-0.39, 0.29) is 0 Å². The molecule has 0 aromatic heterocycles. The summed E-state index contributed by atoms with van der Waals surface area (Å²) in [6.07, 6.45) is 9.58. The highest BCUT2D eigenvalue weighted by atomic mass is 15.0. The molecule has 2 aliphatic carbocycles. The van der Waals surface area contributed by atoms with Gasteiger partial charge in [-0.15, -0.1) is 0 Å². The molecule has 2 atom stereocenters. The molecule has 0 heterocycles. The number of aryl methyl sites for hydroxylation is 1. The second kappa shape index (κ2) is 5.44. The van der Waals surface area contributed by atoms with Crippen LogP contribution in [0.2, 0.25) is 0 Å². The summed E-state index contributed by atoms with van der Waals surface area (Å²) in [5.74, 6) is 0.933. The molecule has 0 radical (unpaired) electrons. The molecule has 0 spiro atoms. The van der Waals surface area contributed by atoms with Gasteiger partial charge in [0.15, 0.2) is 0 Å². The quantitative estimate of drug-likeness (QED) is 0.853. The average molecular weight is 243 g/mol. The van der Waals surface area contributed by atoms with Gasteiger partial charge in [0.1, 0.15) is 0 Å². The molecule has 18 heavy (non-hydrogen) atoms. The number of hydrogen-bond donors (Lipinski definition) is 1. The van der Waals surface area contributed by atoms with Crippen LogP contribution in [0.4, 0.5) is 0 Å². The van der Waals surface area contributed by atoms with Crippen molar-refractivity contribution in [3.8, 4) is 0 Å². The highest BCUT2D eigenvalue weighted by molar-refractivity contribution is 5.30. The van der Waals surface area contributed by atoms with Gasteiger partial charge in [-0.1, -0.05) is 37.1 Å². The van der Waals surface area contributed by atoms with Gasteiger partial charge in [-0.3, -0.25) is 0 Å². The van der Waals surface area contributed by atoms with E-state index in [2.05, 4.69) is 36.5 Å². The van der Waals surface area contributed by atoms with E-state index >= 15 is 0 Å². The van der Waals surface area contributed by atoms with Crippen molar-refractivity contribution in [1.82, 2.24) is 5.32 Å². The van der Waals surface area contributed by atoms with Gasteiger partial charge >= 0.3 is 0 Å². The highest BCUT2D eigenvalue weighted by Gasteiger charge is 2.25. The van der Waals surface area contributed by atoms with E-state index in [1.54, 1.807) is 11.1 Å². The maximum absolute atomic E-state index is 3.90. The van der Waals surface area contributed by atoms with Crippen LogP contribution in [-0.2, 0) is 12.8 Å². The Labute approximate surface area is 111 Å². The van der Waals surface area contributed by atoms with Crippen LogP contribution < -0.4 is 5.32 Å². The van der Waals surface area contributed by atoms with E-state index in [1.807, 2.05) is 0 Å². The first kappa shape index (κ1) is 12.2. The molecule has 0 bridgehead atoms. The molecule has 1 fully saturated rings. The van der Waals surface area contributed by atoms with Crippen LogP contribution >= 0.6 is 0 Å². The smallest absolute Gasteiger partial charge is 0.0113 e. The van der Waals surface area contributed by atoms with E-state index in [9.17, 15) is 0 Å². The zero-order chi connectivity index (χ0) is 12.4. The van der Waals surface area contributed by atoms with E-state index in [4.69, 9.17) is 0 Å². The Kier molecular flexibility index (Phi) is 3.69. The molecular formula is C17H25N. The van der Waals surface area contributed by atoms with Crippen molar-refractivity contribution >= 4 is 0 Å². The summed E-state index contributed by atoms with van der Waals surface area (Å²) in [4.78, 5) is 0. The van der Waals surface area contributed by atoms with Crippen molar-refractivity contribution in [2.45, 2.75) is 64.0 Å². The van der Waals surface area contributed by atoms with Crippen LogP contribution in [0.1, 0.15) is 50.2 Å². The first-order valence-corrected chi connectivity index (χ1v) is 7.66. The van der Waals surface area contributed by atoms with Crippen LogP contribution in [0.3, 0.4) is 0 Å². The molecule has 1 heteroatoms. The normalized spacial score (nSPS) is 25.9. The molecule has 1 unspecified atom stereocenters. The fraction of sp³-hybridized carbons (Fsp3) is 0.647. The maximum atomic E-state index is 3.90. The molecule has 1 aromatic rings. The molecule has 1 N–H and O–H groups in total. The van der Waals surface area contributed by atoms with Crippen molar-refractivity contribution < 1.29 is 0 Å². The lowest BCUT2D eigenvalue weighted by Crippen LogP contribution is -2.43. The molecule has 0 saturated heterocycles. The third-order valence-corrected chi connectivity index (χ3v) is 4.95. The molecule has 2 aliphatic rings. The Balaban J connectivity index is 1.59. The lowest BCUT2D eigenvalue weighted by molar-refractivity contribution is 0.324. The topological polar surface area (TPSA) is 12.0 Å². The van der Waals surface area contributed by atoms with E-state index < -0.39 is 0 Å². The zero-order valence-electron chi connectivity index (χ0n) is 11.5. The minimum atomic E-state index is 0.704. The van der Waals surface area contributed by atoms with Gasteiger partial charge < -0.3 is 5.32 Å². The number of fused-ring (bicyclic) bond motifs is 1. The minimum Gasteiger partial charge on any atom is -0.311 e. The second-order valence-electron chi connectivity index (χ2n) is 6.21. The molecule has 1 saturated carbocycles. The monoisotopic (exact) mass is 243 g/mol. The van der Waals surface area contributed by atoms with Crippen molar-refractivity contribution in [3.05, 3.63) is 35.4 Å². The van der Waals surface area contributed by atoms with Gasteiger partial charge in [0, 0.05) is 12.1 Å². The first-order chi connectivity index (χ1) is 8.83. The Morgan fingerprint density at radius 1 is 1.06 bits per heavy atom. The number of hydrogen-bond acceptors (Lipinski definition) is 1. The predicted molar refractivity (Wildman–Crippen MR) is 76.8 cm³/mol. The fourth-order valence-electron chi connectivity index (χ4n) is 3.81. The molecule has 1 aromatic carbocycles. The summed E-state index contributed by atoms with van der Waals surface area (Å²) in [6.45, 7) is 2.40. The standard InChI is InChI=1S/C17H25N/c1-13(14-6-2-3-7-14)18-17-11-10-15-8-4-5-9-16(15)12-17/h4-5,8-9,13-14,17-18H,2-3,6-7,10-12H2,1H3/t13-,17?/m0/s1. The molecule has 0 aliphatic heterocycles. The lowest BCUT2D eigenvalue weighted by Gasteiger charge is -2.30. The van der Waals surface area contributed by atoms with Crippen LogP contribution in [0.5, 0.6) is 0 Å². The van der Waals surface area contributed by atoms with Crippen molar-refractivity contribution in [2.75, 3.05) is 0 Å². The Bertz CT molecular complexity index is 392. The lowest BCUT2D eigenvalue weighted by atomic mass is 9.87. The van der Waals surface area contributed by atoms with Gasteiger partial charge in [-0.05, 0) is 56.1 Å². The summed E-state index contributed by atoms with van der Waals surface area (Å²) in [5.41, 5.74) is 3.14. The minimum absolute atomic E-state index is 0.704. The molecule has 98 valence electrons. The average Bonchev–Trinajstić information content (AvgIpc) is 2.92. The first-order valence-electron chi connectivity index (χ1n) is 7.66. The zero-order valence-corrected chi connectivity index (χ0v) is 11.5. The summed E-state index contributed by atoms with van der Waals surface area (Å²) in [7, 11) is 0. The van der Waals surface area contributed by atoms with Gasteiger partial charge in [0.05, 0.1) is 0 Å². The number of rotatable bonds is 3. The van der Waals surface area contributed by atoms with Gasteiger partial charge in [0.25, 0.3) is 0 Å². The maximum Gasteiger partial charge on any atom is 0.0113 e. The van der Waals surface area contributed by atoms with Crippen LogP contribution in [0.25, 0.3) is 0 Å². The molecule has 3 rings (SSSR count). The van der Waals surface area contributed by atoms with Gasteiger partial charge in [-0.2, -0.15) is 0 Å². The van der Waals surface area contributed by atoms with Crippen LogP contribution in [-0.4, -0.2) is 12.1 Å². The van der Waals surface area contributed by atoms with Crippen LogP contribution in [0, 0.1) is 5.92 Å². The van der Waals surface area contributed by atoms with E-state index in [0.717, 1.165) is 5.92 Å². The molecular weight excluding hydrogens is 218 g/mol. The molecule has 1 nitrogen and oxygen atoms in total. The number of nitrogens with one attached hydrogen (secondary N) is 1. The van der Waals surface area contributed by atoms with E-state index in [1.165, 1.54) is 44.9 Å². The number of benzene rings is 1. The third-order valence-electron chi connectivity index (χ3n) is 4.95. The Hall–Kier alpha value is -0.820. The largest absolute Gasteiger partial charge is 0.311 e. The third kappa shape index (κ3) is 2.61. The van der Waals surface area contributed by atoms with Gasteiger partial charge in [0.2, 0.25) is 0 Å². The van der Waals surface area contributed by atoms with Crippen LogP contribution in [0.15, 0.2) is 24.3 Å². The molecule has 0 amide bonds. The Morgan fingerprint density at radius 2 is 1.78 bits per heavy atom. The summed E-state index contributed by atoms with van der Waals surface area (Å²) >= 11 is 0. The fourth-order valence-corrected chi connectivity index (χ4v) is 3.81. The summed E-state index contributed by atoms with van der Waals surface area (Å²) in [5, 5.41) is 3.90. The second-order valence-corrected chi connectivity index (χ2v) is 6.21. The van der Waals surface area contributed by atoms with Crippen molar-refractivity contribution in [2.24, 2.45) is 5.92 Å². The van der Waals surface area contributed by atoms with Crippen molar-refractivity contribution in [1.29, 1.82) is 0 Å². The highest BCUT2D eigenvalue weighted by Crippen LogP contribution is 2.29. The van der Waals surface area contributed by atoms with Crippen molar-refractivity contribution in [3.63, 3.8) is 0 Å². The predicted octanol–water partition coefficient (Wildman–Crippen LogP) is 3.71. The van der Waals surface area contributed by atoms with Gasteiger partial charge in [-0.25, -0.2) is 0 Å². The SMILES string of the molecule is C[C@H](NC1CCc2ccccc2C1)C1CCCC1. The summed E-state index contributed by atoms with van der Waals surface area (Å²) < 4.78 is 0. The Morgan fingerprint density at radius 3 is 2.56 bits per heavy atom. The summed E-state index contributed by atoms with van der Waals surface area (Å²) in [6, 6.07) is 10.4. The van der Waals surface area contributed by atoms with E-state index in [0.29, 0.717) is 12.1 Å².